The average Bonchev–Trinajstić information content (AvgIpc) is 2.16. The van der Waals surface area contributed by atoms with Gasteiger partial charge in [0.15, 0.2) is 12.0 Å². The van der Waals surface area contributed by atoms with Crippen LogP contribution in [-0.4, -0.2) is 16.2 Å². The molecule has 1 aromatic rings. The average molecular weight is 281 g/mol. The van der Waals surface area contributed by atoms with E-state index in [1.54, 1.807) is 0 Å². The van der Waals surface area contributed by atoms with Crippen LogP contribution in [0, 0.1) is 10.1 Å². The Kier molecular flexibility index (Phi) is 3.40. The number of carbonyl (C=O) groups is 1. The number of nitrogens with zero attached hydrogens (tertiary/aromatic N) is 2. The molecule has 0 atom stereocenters. The van der Waals surface area contributed by atoms with E-state index < -0.39 is 28.3 Å². The molecule has 0 spiro atoms. The van der Waals surface area contributed by atoms with E-state index in [9.17, 15) is 23.7 Å². The molecule has 15 heavy (non-hydrogen) atoms. The molecule has 80 valence electrons. The predicted molar refractivity (Wildman–Crippen MR) is 48.9 cm³/mol. The number of carbonyl (C=O) groups excluding carboxylic acids is 1. The molecule has 8 heteroatoms. The molecular weight excluding hydrogens is 278 g/mol. The second kappa shape index (κ2) is 4.39. The zero-order valence-corrected chi connectivity index (χ0v) is 8.57. The van der Waals surface area contributed by atoms with Gasteiger partial charge in [-0.15, -0.1) is 0 Å². The number of hydrogen-bond acceptors (Lipinski definition) is 4. The van der Waals surface area contributed by atoms with E-state index in [1.807, 2.05) is 0 Å². The number of rotatable bonds is 3. The van der Waals surface area contributed by atoms with Gasteiger partial charge >= 0.3 is 5.69 Å². The highest BCUT2D eigenvalue weighted by Gasteiger charge is 2.28. The fourth-order valence-electron chi connectivity index (χ4n) is 0.972. The second-order valence-corrected chi connectivity index (χ2v) is 3.28. The number of nitro groups is 1. The molecule has 0 aliphatic carbocycles. The van der Waals surface area contributed by atoms with Crippen LogP contribution in [-0.2, 0) is 0 Å². The first-order valence-corrected chi connectivity index (χ1v) is 4.34. The van der Waals surface area contributed by atoms with Crippen LogP contribution < -0.4 is 0 Å². The molecule has 0 N–H and O–H groups in total. The van der Waals surface area contributed by atoms with Crippen molar-refractivity contribution < 1.29 is 18.5 Å². The second-order valence-electron chi connectivity index (χ2n) is 2.43. The molecule has 0 radical (unpaired) electrons. The van der Waals surface area contributed by atoms with Crippen LogP contribution in [0.3, 0.4) is 0 Å². The van der Waals surface area contributed by atoms with Crippen LogP contribution in [0.4, 0.5) is 14.5 Å². The maximum atomic E-state index is 12.3. The fourth-order valence-corrected chi connectivity index (χ4v) is 1.36. The number of halogens is 3. The molecule has 1 rings (SSSR count). The largest absolute Gasteiger partial charge is 0.308 e. The van der Waals surface area contributed by atoms with Gasteiger partial charge in [0.25, 0.3) is 6.43 Å². The topological polar surface area (TPSA) is 73.1 Å². The highest BCUT2D eigenvalue weighted by atomic mass is 79.9. The van der Waals surface area contributed by atoms with Gasteiger partial charge in [-0.3, -0.25) is 14.9 Å². The first kappa shape index (κ1) is 11.6. The van der Waals surface area contributed by atoms with Gasteiger partial charge in [-0.05, 0) is 15.9 Å². The lowest BCUT2D eigenvalue weighted by molar-refractivity contribution is -0.386. The minimum atomic E-state index is -3.10. The van der Waals surface area contributed by atoms with Crippen molar-refractivity contribution in [3.8, 4) is 0 Å². The van der Waals surface area contributed by atoms with Crippen molar-refractivity contribution in [3.63, 3.8) is 0 Å². The molecule has 0 bridgehead atoms. The van der Waals surface area contributed by atoms with Crippen molar-refractivity contribution in [2.24, 2.45) is 0 Å². The summed E-state index contributed by atoms with van der Waals surface area (Å²) in [6.07, 6.45) is -2.04. The van der Waals surface area contributed by atoms with Crippen molar-refractivity contribution in [3.05, 3.63) is 32.0 Å². The van der Waals surface area contributed by atoms with Gasteiger partial charge in [-0.25, -0.2) is 13.8 Å². The summed E-state index contributed by atoms with van der Waals surface area (Å²) in [4.78, 5) is 23.2. The van der Waals surface area contributed by atoms with Crippen LogP contribution >= 0.6 is 15.9 Å². The Hall–Kier alpha value is -1.44. The van der Waals surface area contributed by atoms with Gasteiger partial charge in [0.05, 0.1) is 9.40 Å². The number of aldehydes is 1. The van der Waals surface area contributed by atoms with Crippen LogP contribution in [0.15, 0.2) is 10.7 Å². The van der Waals surface area contributed by atoms with E-state index in [4.69, 9.17) is 0 Å². The molecule has 1 heterocycles. The summed E-state index contributed by atoms with van der Waals surface area (Å²) >= 11 is 2.82. The van der Waals surface area contributed by atoms with E-state index in [0.717, 1.165) is 6.20 Å². The van der Waals surface area contributed by atoms with Gasteiger partial charge in [-0.1, -0.05) is 0 Å². The minimum absolute atomic E-state index is 0.00796. The van der Waals surface area contributed by atoms with Crippen molar-refractivity contribution in [2.75, 3.05) is 0 Å². The summed E-state index contributed by atoms with van der Waals surface area (Å²) < 4.78 is 24.7. The van der Waals surface area contributed by atoms with Gasteiger partial charge in [0.1, 0.15) is 5.56 Å². The zero-order valence-electron chi connectivity index (χ0n) is 6.99. The van der Waals surface area contributed by atoms with E-state index >= 15 is 0 Å². The summed E-state index contributed by atoms with van der Waals surface area (Å²) in [7, 11) is 0. The third-order valence-corrected chi connectivity index (χ3v) is 2.21. The summed E-state index contributed by atoms with van der Waals surface area (Å²) in [5.74, 6) is 0. The maximum Gasteiger partial charge on any atom is 0.308 e. The molecule has 5 nitrogen and oxygen atoms in total. The lowest BCUT2D eigenvalue weighted by Gasteiger charge is -2.03. The number of aromatic nitrogens is 1. The van der Waals surface area contributed by atoms with Crippen molar-refractivity contribution in [2.45, 2.75) is 6.43 Å². The quantitative estimate of drug-likeness (QED) is 0.484. The van der Waals surface area contributed by atoms with Gasteiger partial charge < -0.3 is 0 Å². The number of alkyl halides is 2. The molecule has 0 aromatic carbocycles. The van der Waals surface area contributed by atoms with Crippen molar-refractivity contribution >= 4 is 27.9 Å². The van der Waals surface area contributed by atoms with Crippen molar-refractivity contribution in [1.82, 2.24) is 4.98 Å². The third-order valence-electron chi connectivity index (χ3n) is 1.58. The molecule has 0 saturated heterocycles. The number of hydrogen-bond donors (Lipinski definition) is 0. The van der Waals surface area contributed by atoms with Crippen LogP contribution in [0.25, 0.3) is 0 Å². The van der Waals surface area contributed by atoms with Crippen LogP contribution in [0.1, 0.15) is 22.5 Å². The Morgan fingerprint density at radius 3 is 2.60 bits per heavy atom. The minimum Gasteiger partial charge on any atom is -0.298 e. The van der Waals surface area contributed by atoms with Gasteiger partial charge in [0, 0.05) is 6.20 Å². The molecule has 0 saturated carbocycles. The predicted octanol–water partition coefficient (Wildman–Crippen LogP) is 2.50. The third kappa shape index (κ3) is 2.14. The Labute approximate surface area is 90.4 Å². The SMILES string of the molecule is O=Cc1c(Br)cnc(C(F)F)c1[N+](=O)[O-]. The smallest absolute Gasteiger partial charge is 0.298 e. The molecule has 0 aliphatic heterocycles. The Morgan fingerprint density at radius 1 is 1.60 bits per heavy atom. The lowest BCUT2D eigenvalue weighted by atomic mass is 10.2. The Balaban J connectivity index is 3.56. The van der Waals surface area contributed by atoms with Crippen LogP contribution in [0.5, 0.6) is 0 Å². The lowest BCUT2D eigenvalue weighted by Crippen LogP contribution is -2.04. The first-order valence-electron chi connectivity index (χ1n) is 3.55. The molecular formula is C7H3BrF2N2O3. The van der Waals surface area contributed by atoms with E-state index in [2.05, 4.69) is 20.9 Å². The van der Waals surface area contributed by atoms with E-state index in [-0.39, 0.29) is 10.8 Å². The normalized spacial score (nSPS) is 10.4. The Bertz CT molecular complexity index is 425. The molecule has 0 amide bonds. The first-order chi connectivity index (χ1) is 6.99. The standard InChI is InChI=1S/C7H3BrF2N2O3/c8-4-1-11-5(7(9)10)6(12(14)15)3(4)2-13/h1-2,7H. The summed E-state index contributed by atoms with van der Waals surface area (Å²) in [6.45, 7) is 0. The maximum absolute atomic E-state index is 12.3. The molecule has 0 aliphatic rings. The van der Waals surface area contributed by atoms with Gasteiger partial charge in [-0.2, -0.15) is 0 Å². The van der Waals surface area contributed by atoms with Gasteiger partial charge in [0.2, 0.25) is 0 Å². The molecule has 0 fully saturated rings. The summed E-state index contributed by atoms with van der Waals surface area (Å²) in [5, 5.41) is 10.5. The Morgan fingerprint density at radius 2 is 2.20 bits per heavy atom. The summed E-state index contributed by atoms with van der Waals surface area (Å²) in [6, 6.07) is 0. The fraction of sp³-hybridized carbons (Fsp3) is 0.143. The van der Waals surface area contributed by atoms with Crippen molar-refractivity contribution in [1.29, 1.82) is 0 Å². The van der Waals surface area contributed by atoms with E-state index in [0.29, 0.717) is 0 Å². The number of pyridine rings is 1. The zero-order chi connectivity index (χ0) is 11.6. The highest BCUT2D eigenvalue weighted by molar-refractivity contribution is 9.10. The van der Waals surface area contributed by atoms with E-state index in [1.165, 1.54) is 0 Å². The highest BCUT2D eigenvalue weighted by Crippen LogP contribution is 2.32. The molecule has 1 aromatic heterocycles. The monoisotopic (exact) mass is 280 g/mol. The molecule has 0 unspecified atom stereocenters. The van der Waals surface area contributed by atoms with Crippen LogP contribution in [0.2, 0.25) is 0 Å². The summed E-state index contributed by atoms with van der Waals surface area (Å²) in [5.41, 5.74) is -2.41.